The van der Waals surface area contributed by atoms with Gasteiger partial charge in [-0.1, -0.05) is 49.3 Å². The first-order chi connectivity index (χ1) is 7.36. The highest BCUT2D eigenvalue weighted by atomic mass is 14.1. The molecule has 0 aliphatic heterocycles. The van der Waals surface area contributed by atoms with Gasteiger partial charge < -0.3 is 0 Å². The third-order valence-electron chi connectivity index (χ3n) is 3.16. The van der Waals surface area contributed by atoms with Crippen LogP contribution in [-0.2, 0) is 0 Å². The molecular weight excluding hydrogens is 180 g/mol. The Bertz CT molecular complexity index is 373. The summed E-state index contributed by atoms with van der Waals surface area (Å²) < 4.78 is 0. The van der Waals surface area contributed by atoms with Gasteiger partial charge in [-0.05, 0) is 31.4 Å². The van der Waals surface area contributed by atoms with Crippen LogP contribution >= 0.6 is 0 Å². The Labute approximate surface area is 92.7 Å². The lowest BCUT2D eigenvalue weighted by atomic mass is 9.89. The summed E-state index contributed by atoms with van der Waals surface area (Å²) in [5.74, 6) is 7.41. The summed E-state index contributed by atoms with van der Waals surface area (Å²) in [6, 6.07) is 8.38. The van der Waals surface area contributed by atoms with Gasteiger partial charge in [-0.25, -0.2) is 0 Å². The van der Waals surface area contributed by atoms with Crippen LogP contribution in [-0.4, -0.2) is 0 Å². The van der Waals surface area contributed by atoms with Crippen LogP contribution in [0, 0.1) is 24.7 Å². The van der Waals surface area contributed by atoms with Gasteiger partial charge in [-0.15, -0.1) is 0 Å². The minimum Gasteiger partial charge on any atom is -0.0945 e. The van der Waals surface area contributed by atoms with Gasteiger partial charge in [0.25, 0.3) is 0 Å². The lowest BCUT2D eigenvalue weighted by Gasteiger charge is -2.15. The van der Waals surface area contributed by atoms with Crippen LogP contribution < -0.4 is 0 Å². The fraction of sp³-hybridized carbons (Fsp3) is 0.467. The Balaban J connectivity index is 2.07. The number of hydrogen-bond donors (Lipinski definition) is 0. The molecule has 0 atom stereocenters. The Morgan fingerprint density at radius 3 is 2.53 bits per heavy atom. The van der Waals surface area contributed by atoms with E-state index in [2.05, 4.69) is 43.0 Å². The van der Waals surface area contributed by atoms with E-state index < -0.39 is 0 Å². The van der Waals surface area contributed by atoms with E-state index in [1.165, 1.54) is 43.2 Å². The predicted octanol–water partition coefficient (Wildman–Crippen LogP) is 3.93. The molecule has 0 heteroatoms. The first-order valence-corrected chi connectivity index (χ1v) is 5.93. The Morgan fingerprint density at radius 1 is 1.07 bits per heavy atom. The van der Waals surface area contributed by atoms with Crippen molar-refractivity contribution in [1.29, 1.82) is 0 Å². The second-order valence-corrected chi connectivity index (χ2v) is 4.42. The van der Waals surface area contributed by atoms with Crippen LogP contribution in [0.4, 0.5) is 0 Å². The molecule has 1 fully saturated rings. The third kappa shape index (κ3) is 2.86. The van der Waals surface area contributed by atoms with Crippen LogP contribution in [0.15, 0.2) is 24.3 Å². The summed E-state index contributed by atoms with van der Waals surface area (Å²) in [5.41, 5.74) is 2.49. The summed E-state index contributed by atoms with van der Waals surface area (Å²) in [5, 5.41) is 0. The van der Waals surface area contributed by atoms with Crippen LogP contribution in [0.1, 0.15) is 43.2 Å². The monoisotopic (exact) mass is 198 g/mol. The Hall–Kier alpha value is -1.22. The summed E-state index contributed by atoms with van der Waals surface area (Å²) >= 11 is 0. The fourth-order valence-corrected chi connectivity index (χ4v) is 2.14. The topological polar surface area (TPSA) is 0 Å². The lowest BCUT2D eigenvalue weighted by Crippen LogP contribution is -2.03. The molecule has 0 radical (unpaired) electrons. The summed E-state index contributed by atoms with van der Waals surface area (Å²) in [6.45, 7) is 2.13. The fourth-order valence-electron chi connectivity index (χ4n) is 2.14. The van der Waals surface area contributed by atoms with E-state index in [0.29, 0.717) is 5.92 Å². The molecule has 1 aromatic rings. The van der Waals surface area contributed by atoms with Crippen molar-refractivity contribution in [2.45, 2.75) is 39.0 Å². The largest absolute Gasteiger partial charge is 0.0945 e. The Kier molecular flexibility index (Phi) is 3.45. The molecule has 0 unspecified atom stereocenters. The van der Waals surface area contributed by atoms with Gasteiger partial charge in [0.05, 0.1) is 0 Å². The Morgan fingerprint density at radius 2 is 1.80 bits per heavy atom. The van der Waals surface area contributed by atoms with Crippen molar-refractivity contribution in [2.75, 3.05) is 0 Å². The molecule has 1 aliphatic rings. The molecule has 0 amide bonds. The minimum absolute atomic E-state index is 0.651. The quantitative estimate of drug-likeness (QED) is 0.554. The van der Waals surface area contributed by atoms with Gasteiger partial charge in [0.2, 0.25) is 0 Å². The van der Waals surface area contributed by atoms with E-state index in [9.17, 15) is 0 Å². The van der Waals surface area contributed by atoms with Crippen LogP contribution in [0.3, 0.4) is 0 Å². The zero-order chi connectivity index (χ0) is 10.5. The molecule has 15 heavy (non-hydrogen) atoms. The van der Waals surface area contributed by atoms with Gasteiger partial charge in [-0.2, -0.15) is 0 Å². The minimum atomic E-state index is 0.651. The number of hydrogen-bond acceptors (Lipinski definition) is 0. The molecule has 1 saturated carbocycles. The average Bonchev–Trinajstić information content (AvgIpc) is 2.29. The summed E-state index contributed by atoms with van der Waals surface area (Å²) in [6.07, 6.45) is 6.75. The van der Waals surface area contributed by atoms with Crippen LogP contribution in [0.2, 0.25) is 0 Å². The molecule has 0 saturated heterocycles. The van der Waals surface area contributed by atoms with E-state index in [1.54, 1.807) is 0 Å². The van der Waals surface area contributed by atoms with Crippen molar-refractivity contribution in [2.24, 2.45) is 5.92 Å². The van der Waals surface area contributed by atoms with Crippen molar-refractivity contribution in [3.8, 4) is 11.8 Å². The second kappa shape index (κ2) is 5.03. The molecule has 0 heterocycles. The van der Waals surface area contributed by atoms with Gasteiger partial charge in [-0.3, -0.25) is 0 Å². The van der Waals surface area contributed by atoms with Crippen molar-refractivity contribution >= 4 is 0 Å². The number of aryl methyl sites for hydroxylation is 1. The van der Waals surface area contributed by atoms with Crippen LogP contribution in [0.5, 0.6) is 0 Å². The molecule has 0 spiro atoms. The van der Waals surface area contributed by atoms with E-state index in [4.69, 9.17) is 0 Å². The highest BCUT2D eigenvalue weighted by molar-refractivity contribution is 5.40. The van der Waals surface area contributed by atoms with Crippen LogP contribution in [0.25, 0.3) is 0 Å². The summed E-state index contributed by atoms with van der Waals surface area (Å²) in [4.78, 5) is 0. The zero-order valence-electron chi connectivity index (χ0n) is 9.42. The van der Waals surface area contributed by atoms with Gasteiger partial charge in [0, 0.05) is 11.5 Å². The van der Waals surface area contributed by atoms with Gasteiger partial charge >= 0.3 is 0 Å². The smallest absolute Gasteiger partial charge is 0.0274 e. The molecule has 0 aromatic heterocycles. The molecule has 78 valence electrons. The van der Waals surface area contributed by atoms with E-state index in [-0.39, 0.29) is 0 Å². The van der Waals surface area contributed by atoms with Crippen molar-refractivity contribution in [3.05, 3.63) is 35.4 Å². The first kappa shape index (κ1) is 10.3. The lowest BCUT2D eigenvalue weighted by molar-refractivity contribution is 0.430. The highest BCUT2D eigenvalue weighted by Gasteiger charge is 2.09. The average molecular weight is 198 g/mol. The summed E-state index contributed by atoms with van der Waals surface area (Å²) in [7, 11) is 0. The maximum absolute atomic E-state index is 3.43. The van der Waals surface area contributed by atoms with E-state index in [1.807, 2.05) is 0 Å². The standard InChI is InChI=1S/C15H18/c1-13-7-5-6-10-15(13)12-11-14-8-3-2-4-9-14/h5-7,10,14H,2-4,8-9H2,1H3. The van der Waals surface area contributed by atoms with E-state index in [0.717, 1.165) is 0 Å². The van der Waals surface area contributed by atoms with Gasteiger partial charge in [0.15, 0.2) is 0 Å². The molecule has 0 nitrogen and oxygen atoms in total. The molecule has 0 N–H and O–H groups in total. The molecular formula is C15H18. The van der Waals surface area contributed by atoms with E-state index >= 15 is 0 Å². The van der Waals surface area contributed by atoms with Crippen molar-refractivity contribution in [3.63, 3.8) is 0 Å². The van der Waals surface area contributed by atoms with Crippen molar-refractivity contribution in [1.82, 2.24) is 0 Å². The SMILES string of the molecule is Cc1ccccc1C#CC1CCCCC1. The maximum atomic E-state index is 3.43. The van der Waals surface area contributed by atoms with Crippen molar-refractivity contribution < 1.29 is 0 Å². The maximum Gasteiger partial charge on any atom is 0.0274 e. The number of benzene rings is 1. The molecule has 1 aliphatic carbocycles. The number of rotatable bonds is 0. The molecule has 2 rings (SSSR count). The first-order valence-electron chi connectivity index (χ1n) is 5.93. The molecule has 1 aromatic carbocycles. The second-order valence-electron chi connectivity index (χ2n) is 4.42. The normalized spacial score (nSPS) is 16.9. The molecule has 0 bridgehead atoms. The third-order valence-corrected chi connectivity index (χ3v) is 3.16. The zero-order valence-corrected chi connectivity index (χ0v) is 9.42. The predicted molar refractivity (Wildman–Crippen MR) is 64.6 cm³/mol. The van der Waals surface area contributed by atoms with Gasteiger partial charge in [0.1, 0.15) is 0 Å². The highest BCUT2D eigenvalue weighted by Crippen LogP contribution is 2.22.